The van der Waals surface area contributed by atoms with E-state index in [0.29, 0.717) is 36.6 Å². The molecule has 6 fully saturated rings. The number of carbonyl (C=O) groups excluding carboxylic acids is 4. The smallest absolute Gasteiger partial charge is 0.410 e. The van der Waals surface area contributed by atoms with Crippen LogP contribution in [0.25, 0.3) is 0 Å². The van der Waals surface area contributed by atoms with Gasteiger partial charge in [-0.1, -0.05) is 192 Å². The van der Waals surface area contributed by atoms with Crippen molar-refractivity contribution in [1.82, 2.24) is 10.6 Å². The van der Waals surface area contributed by atoms with Crippen molar-refractivity contribution in [1.29, 1.82) is 0 Å². The maximum Gasteiger partial charge on any atom is 0.410 e. The standard InChI is InChI=1S/2C37H55NO4/c2*1-25(2)10-9-11-26(3)31-16-17-32-30-15-14-28-23-29(18-20-36(28,4)33(30)19-21-37(31,32)5)42-35(40)38-34(41-24-39)22-27-12-7-6-8-13-27/h2*6-8,12-14,24-26,29-34H,9-11,15-23H2,1-5H3,(H,38,40)/t2*26-,29?,30+,31?,32+,33+,34?,36+,37-/m11/s1. The summed E-state index contributed by atoms with van der Waals surface area (Å²) in [5.74, 6) is 9.84. The second kappa shape index (κ2) is 28.0. The second-order valence-corrected chi connectivity index (χ2v) is 30.2. The first-order chi connectivity index (χ1) is 40.3. The molecule has 0 bridgehead atoms. The van der Waals surface area contributed by atoms with Crippen LogP contribution in [0.1, 0.15) is 222 Å². The van der Waals surface area contributed by atoms with Crippen molar-refractivity contribution in [3.8, 4) is 0 Å². The minimum absolute atomic E-state index is 0.133. The number of carbonyl (C=O) groups is 4. The topological polar surface area (TPSA) is 129 Å². The molecule has 464 valence electrons. The second-order valence-electron chi connectivity index (χ2n) is 30.2. The van der Waals surface area contributed by atoms with Gasteiger partial charge in [-0.15, -0.1) is 0 Å². The molecule has 2 N–H and O–H groups in total. The summed E-state index contributed by atoms with van der Waals surface area (Å²) in [6, 6.07) is 19.4. The molecule has 2 aromatic carbocycles. The number of allylic oxidation sites excluding steroid dienone is 2. The molecule has 10 nitrogen and oxygen atoms in total. The Kier molecular flexibility index (Phi) is 21.3. The van der Waals surface area contributed by atoms with Gasteiger partial charge in [-0.2, -0.15) is 0 Å². The van der Waals surface area contributed by atoms with Gasteiger partial charge in [-0.05, 0) is 194 Å². The van der Waals surface area contributed by atoms with Crippen LogP contribution in [-0.4, -0.2) is 49.8 Å². The van der Waals surface area contributed by atoms with Gasteiger partial charge < -0.3 is 18.9 Å². The Morgan fingerprint density at radius 2 is 0.905 bits per heavy atom. The van der Waals surface area contributed by atoms with Crippen molar-refractivity contribution in [2.24, 2.45) is 92.7 Å². The van der Waals surface area contributed by atoms with Gasteiger partial charge in [0, 0.05) is 25.7 Å². The number of benzene rings is 2. The molecular formula is C74H110N2O8. The number of amides is 2. The molecule has 10 rings (SSSR count). The van der Waals surface area contributed by atoms with Crippen LogP contribution in [0.15, 0.2) is 84.0 Å². The average molecular weight is 1160 g/mol. The first-order valence-corrected chi connectivity index (χ1v) is 33.9. The van der Waals surface area contributed by atoms with Gasteiger partial charge in [0.25, 0.3) is 12.9 Å². The van der Waals surface area contributed by atoms with Crippen LogP contribution < -0.4 is 10.6 Å². The molecule has 8 aliphatic carbocycles. The first-order valence-electron chi connectivity index (χ1n) is 33.9. The van der Waals surface area contributed by atoms with Gasteiger partial charge in [0.1, 0.15) is 12.2 Å². The van der Waals surface area contributed by atoms with Crippen LogP contribution in [0.5, 0.6) is 0 Å². The molecule has 0 aliphatic heterocycles. The van der Waals surface area contributed by atoms with Crippen molar-refractivity contribution < 1.29 is 38.1 Å². The lowest BCUT2D eigenvalue weighted by Gasteiger charge is -2.58. The van der Waals surface area contributed by atoms with Crippen LogP contribution in [0, 0.1) is 92.7 Å². The third-order valence-corrected chi connectivity index (χ3v) is 24.6. The van der Waals surface area contributed by atoms with Crippen molar-refractivity contribution in [2.75, 3.05) is 0 Å². The summed E-state index contributed by atoms with van der Waals surface area (Å²) in [6.07, 6.45) is 30.5. The summed E-state index contributed by atoms with van der Waals surface area (Å²) >= 11 is 0. The molecule has 0 radical (unpaired) electrons. The highest BCUT2D eigenvalue weighted by Gasteiger charge is 2.61. The predicted octanol–water partition coefficient (Wildman–Crippen LogP) is 17.7. The summed E-state index contributed by atoms with van der Waals surface area (Å²) in [6.45, 7) is 25.7. The molecule has 0 saturated heterocycles. The van der Waals surface area contributed by atoms with E-state index < -0.39 is 24.6 Å². The van der Waals surface area contributed by atoms with E-state index in [9.17, 15) is 19.2 Å². The Balaban J connectivity index is 0.000000202. The first kappa shape index (κ1) is 63.9. The molecule has 6 saturated carbocycles. The minimum atomic E-state index is -0.745. The van der Waals surface area contributed by atoms with Gasteiger partial charge >= 0.3 is 12.2 Å². The summed E-state index contributed by atoms with van der Waals surface area (Å²) in [7, 11) is 0. The zero-order valence-electron chi connectivity index (χ0n) is 53.6. The molecule has 0 spiro atoms. The van der Waals surface area contributed by atoms with E-state index in [1.807, 2.05) is 60.7 Å². The molecule has 18 atom stereocenters. The van der Waals surface area contributed by atoms with Crippen molar-refractivity contribution in [2.45, 2.75) is 248 Å². The molecule has 0 heterocycles. The van der Waals surface area contributed by atoms with E-state index in [-0.39, 0.29) is 23.0 Å². The summed E-state index contributed by atoms with van der Waals surface area (Å²) in [5, 5.41) is 5.53. The van der Waals surface area contributed by atoms with E-state index in [1.54, 1.807) is 0 Å². The highest BCUT2D eigenvalue weighted by atomic mass is 16.6. The molecule has 8 aliphatic rings. The molecular weight excluding hydrogens is 1040 g/mol. The number of rotatable bonds is 22. The maximum absolute atomic E-state index is 12.9. The Morgan fingerprint density at radius 3 is 1.27 bits per heavy atom. The monoisotopic (exact) mass is 1150 g/mol. The fourth-order valence-electron chi connectivity index (χ4n) is 20.2. The Labute approximate surface area is 507 Å². The normalized spacial score (nSPS) is 35.2. The van der Waals surface area contributed by atoms with Crippen molar-refractivity contribution >= 4 is 25.1 Å². The lowest BCUT2D eigenvalue weighted by molar-refractivity contribution is -0.135. The highest BCUT2D eigenvalue weighted by molar-refractivity contribution is 5.68. The average Bonchev–Trinajstić information content (AvgIpc) is 1.39. The number of hydrogen-bond donors (Lipinski definition) is 2. The fraction of sp³-hybridized carbons (Fsp3) is 0.730. The quantitative estimate of drug-likeness (QED) is 0.0516. The van der Waals surface area contributed by atoms with E-state index in [0.717, 1.165) is 121 Å². The molecule has 10 heteroatoms. The Morgan fingerprint density at radius 1 is 0.512 bits per heavy atom. The van der Waals surface area contributed by atoms with Gasteiger partial charge in [-0.25, -0.2) is 9.59 Å². The van der Waals surface area contributed by atoms with Crippen LogP contribution in [0.2, 0.25) is 0 Å². The van der Waals surface area contributed by atoms with Gasteiger partial charge in [0.15, 0.2) is 12.5 Å². The SMILES string of the molecule is CC(C)CCC[C@@H](C)C1CC[C@H]2[C@@H]3CC=C4CC(OC(=O)NC(Cc5ccccc5)OC=O)CC[C@]4(C)[C@H]3CC[C@]12C.CC(C)CCC[C@@H](C)C1CC[C@H]2[C@@H]3CC=C4CC(OC(=O)NC(Cc5ccccc5)OC=O)CC[C@]4(C)[C@H]3CC[C@]12C. The minimum Gasteiger partial charge on any atom is -0.446 e. The zero-order chi connectivity index (χ0) is 59.8. The Hall–Kier alpha value is -4.60. The lowest BCUT2D eigenvalue weighted by Crippen LogP contribution is -2.51. The highest BCUT2D eigenvalue weighted by Crippen LogP contribution is 2.69. The van der Waals surface area contributed by atoms with E-state index >= 15 is 0 Å². The summed E-state index contributed by atoms with van der Waals surface area (Å²) in [5.41, 5.74) is 6.43. The van der Waals surface area contributed by atoms with Crippen LogP contribution >= 0.6 is 0 Å². The summed E-state index contributed by atoms with van der Waals surface area (Å²) in [4.78, 5) is 47.8. The van der Waals surface area contributed by atoms with Crippen molar-refractivity contribution in [3.63, 3.8) is 0 Å². The fourth-order valence-corrected chi connectivity index (χ4v) is 20.2. The van der Waals surface area contributed by atoms with Gasteiger partial charge in [-0.3, -0.25) is 20.2 Å². The zero-order valence-corrected chi connectivity index (χ0v) is 53.6. The van der Waals surface area contributed by atoms with E-state index in [2.05, 4.69) is 92.0 Å². The Bertz CT molecular complexity index is 2370. The summed E-state index contributed by atoms with van der Waals surface area (Å²) < 4.78 is 22.2. The number of fused-ring (bicyclic) bond motifs is 10. The number of nitrogens with one attached hydrogen (secondary N) is 2. The molecule has 2 aromatic rings. The van der Waals surface area contributed by atoms with Crippen LogP contribution in [0.4, 0.5) is 9.59 Å². The molecule has 6 unspecified atom stereocenters. The van der Waals surface area contributed by atoms with Crippen molar-refractivity contribution in [3.05, 3.63) is 95.1 Å². The van der Waals surface area contributed by atoms with E-state index in [1.165, 1.54) is 114 Å². The van der Waals surface area contributed by atoms with E-state index in [4.69, 9.17) is 18.9 Å². The third-order valence-electron chi connectivity index (χ3n) is 24.6. The number of ether oxygens (including phenoxy) is 4. The number of hydrogen-bond acceptors (Lipinski definition) is 8. The number of alkyl carbamates (subject to hydrolysis) is 2. The van der Waals surface area contributed by atoms with Gasteiger partial charge in [0.05, 0.1) is 0 Å². The van der Waals surface area contributed by atoms with Crippen LogP contribution in [0.3, 0.4) is 0 Å². The lowest BCUT2D eigenvalue weighted by atomic mass is 9.47. The predicted molar refractivity (Wildman–Crippen MR) is 335 cm³/mol. The largest absolute Gasteiger partial charge is 0.446 e. The third kappa shape index (κ3) is 14.4. The molecule has 2 amide bonds. The maximum atomic E-state index is 12.9. The van der Waals surface area contributed by atoms with Gasteiger partial charge in [0.2, 0.25) is 0 Å². The molecule has 84 heavy (non-hydrogen) atoms. The molecule has 0 aromatic heterocycles. The van der Waals surface area contributed by atoms with Crippen LogP contribution in [-0.2, 0) is 41.4 Å².